The molecule has 2 aliphatic heterocycles. The zero-order valence-electron chi connectivity index (χ0n) is 20.0. The average Bonchev–Trinajstić information content (AvgIpc) is 3.35. The molecule has 0 saturated carbocycles. The lowest BCUT2D eigenvalue weighted by molar-refractivity contribution is -0.132. The molecular formula is C26H34N4O4. The zero-order valence-corrected chi connectivity index (χ0v) is 20.0. The quantitative estimate of drug-likeness (QED) is 0.386. The summed E-state index contributed by atoms with van der Waals surface area (Å²) in [5.41, 5.74) is 3.43. The van der Waals surface area contributed by atoms with Gasteiger partial charge in [0.25, 0.3) is 0 Å². The monoisotopic (exact) mass is 466 g/mol. The van der Waals surface area contributed by atoms with E-state index in [0.29, 0.717) is 13.0 Å². The summed E-state index contributed by atoms with van der Waals surface area (Å²) in [7, 11) is 0. The molecule has 2 aromatic carbocycles. The highest BCUT2D eigenvalue weighted by Crippen LogP contribution is 2.19. The Morgan fingerprint density at radius 1 is 0.971 bits per heavy atom. The number of ketones is 1. The lowest BCUT2D eigenvalue weighted by atomic mass is 10.1. The number of likely N-dealkylation sites (tertiary alicyclic amines) is 1. The molecule has 0 aromatic heterocycles. The van der Waals surface area contributed by atoms with Crippen LogP contribution in [0.15, 0.2) is 42.5 Å². The number of carbonyl (C=O) groups is 3. The Hall–Kier alpha value is -3.39. The third-order valence-corrected chi connectivity index (χ3v) is 6.25. The standard InChI is InChI=1S/C18H25N3O2.C8H9NO2/c1-15(22)16-4-6-17(7-5-16)20-10-12-21(13-11-20)18(23)14-19-8-2-3-9-19;1-6-4-7(11)2-3-8(6)9-5-10/h4-7H,2-3,8-14H2,1H3;2-5,11H,1H3,(H,9,10). The number of nitrogens with one attached hydrogen (secondary N) is 1. The number of benzene rings is 2. The van der Waals surface area contributed by atoms with Crippen molar-refractivity contribution in [2.24, 2.45) is 0 Å². The molecular weight excluding hydrogens is 432 g/mol. The Balaban J connectivity index is 0.000000248. The molecule has 0 spiro atoms. The second-order valence-electron chi connectivity index (χ2n) is 8.72. The van der Waals surface area contributed by atoms with Gasteiger partial charge in [0, 0.05) is 43.1 Å². The van der Waals surface area contributed by atoms with Crippen LogP contribution < -0.4 is 10.2 Å². The third-order valence-electron chi connectivity index (χ3n) is 6.25. The van der Waals surface area contributed by atoms with Gasteiger partial charge < -0.3 is 20.2 Å². The summed E-state index contributed by atoms with van der Waals surface area (Å²) in [5.74, 6) is 0.561. The first-order valence-corrected chi connectivity index (χ1v) is 11.7. The summed E-state index contributed by atoms with van der Waals surface area (Å²) < 4.78 is 0. The lowest BCUT2D eigenvalue weighted by Crippen LogP contribution is -2.51. The fraction of sp³-hybridized carbons (Fsp3) is 0.423. The van der Waals surface area contributed by atoms with Crippen LogP contribution in [0.25, 0.3) is 0 Å². The molecule has 2 aromatic rings. The van der Waals surface area contributed by atoms with Gasteiger partial charge in [-0.1, -0.05) is 0 Å². The minimum absolute atomic E-state index is 0.0916. The van der Waals surface area contributed by atoms with Crippen molar-refractivity contribution in [2.75, 3.05) is 56.0 Å². The van der Waals surface area contributed by atoms with E-state index in [1.807, 2.05) is 36.1 Å². The number of phenolic OH excluding ortho intramolecular Hbond substituents is 1. The van der Waals surface area contributed by atoms with Gasteiger partial charge in [-0.3, -0.25) is 19.3 Å². The molecule has 0 bridgehead atoms. The highest BCUT2D eigenvalue weighted by atomic mass is 16.3. The van der Waals surface area contributed by atoms with Crippen LogP contribution in [-0.4, -0.2) is 78.8 Å². The van der Waals surface area contributed by atoms with Gasteiger partial charge >= 0.3 is 0 Å². The maximum atomic E-state index is 12.3. The number of piperazine rings is 1. The molecule has 0 aliphatic carbocycles. The van der Waals surface area contributed by atoms with Crippen molar-refractivity contribution in [3.63, 3.8) is 0 Å². The van der Waals surface area contributed by atoms with Crippen molar-refractivity contribution in [1.29, 1.82) is 0 Å². The predicted molar refractivity (Wildman–Crippen MR) is 133 cm³/mol. The van der Waals surface area contributed by atoms with Crippen molar-refractivity contribution >= 4 is 29.5 Å². The molecule has 2 heterocycles. The Morgan fingerprint density at radius 3 is 2.18 bits per heavy atom. The number of phenols is 1. The Kier molecular flexibility index (Phi) is 9.04. The summed E-state index contributed by atoms with van der Waals surface area (Å²) in [6.45, 7) is 9.36. The van der Waals surface area contributed by atoms with Crippen LogP contribution >= 0.6 is 0 Å². The smallest absolute Gasteiger partial charge is 0.236 e. The van der Waals surface area contributed by atoms with Gasteiger partial charge in [0.1, 0.15) is 5.75 Å². The van der Waals surface area contributed by atoms with Crippen molar-refractivity contribution in [1.82, 2.24) is 9.80 Å². The van der Waals surface area contributed by atoms with E-state index < -0.39 is 0 Å². The largest absolute Gasteiger partial charge is 0.508 e. The number of Topliss-reactive ketones (excluding diaryl/α,β-unsaturated/α-hetero) is 1. The molecule has 2 amide bonds. The SMILES string of the molecule is CC(=O)c1ccc(N2CCN(C(=O)CN3CCCC3)CC2)cc1.Cc1cc(O)ccc1NC=O. The van der Waals surface area contributed by atoms with E-state index >= 15 is 0 Å². The number of rotatable bonds is 6. The van der Waals surface area contributed by atoms with Gasteiger partial charge in [-0.2, -0.15) is 0 Å². The van der Waals surface area contributed by atoms with Gasteiger partial charge in [-0.15, -0.1) is 0 Å². The number of hydrogen-bond donors (Lipinski definition) is 2. The van der Waals surface area contributed by atoms with E-state index in [1.54, 1.807) is 19.1 Å². The minimum atomic E-state index is 0.0916. The molecule has 2 N–H and O–H groups in total. The minimum Gasteiger partial charge on any atom is -0.508 e. The first kappa shape index (κ1) is 25.2. The first-order chi connectivity index (χ1) is 16.4. The number of carbonyl (C=O) groups excluding carboxylic acids is 3. The molecule has 34 heavy (non-hydrogen) atoms. The zero-order chi connectivity index (χ0) is 24.5. The molecule has 4 rings (SSSR count). The number of aryl methyl sites for hydroxylation is 1. The van der Waals surface area contributed by atoms with E-state index in [0.717, 1.165) is 61.8 Å². The lowest BCUT2D eigenvalue weighted by Gasteiger charge is -2.36. The van der Waals surface area contributed by atoms with Gasteiger partial charge in [-0.25, -0.2) is 0 Å². The Bertz CT molecular complexity index is 979. The number of anilines is 2. The van der Waals surface area contributed by atoms with Crippen molar-refractivity contribution < 1.29 is 19.5 Å². The van der Waals surface area contributed by atoms with Crippen LogP contribution in [0, 0.1) is 6.92 Å². The Morgan fingerprint density at radius 2 is 1.62 bits per heavy atom. The summed E-state index contributed by atoms with van der Waals surface area (Å²) >= 11 is 0. The Labute approximate surface area is 201 Å². The third kappa shape index (κ3) is 7.05. The maximum absolute atomic E-state index is 12.3. The maximum Gasteiger partial charge on any atom is 0.236 e. The summed E-state index contributed by atoms with van der Waals surface area (Å²) in [6, 6.07) is 12.5. The number of nitrogens with zero attached hydrogens (tertiary/aromatic N) is 3. The molecule has 182 valence electrons. The van der Waals surface area contributed by atoms with Crippen LogP contribution in [0.5, 0.6) is 5.75 Å². The van der Waals surface area contributed by atoms with Gasteiger partial charge in [0.2, 0.25) is 12.3 Å². The van der Waals surface area contributed by atoms with E-state index in [1.165, 1.54) is 18.9 Å². The predicted octanol–water partition coefficient (Wildman–Crippen LogP) is 2.90. The summed E-state index contributed by atoms with van der Waals surface area (Å²) in [4.78, 5) is 40.2. The molecule has 8 heteroatoms. The topological polar surface area (TPSA) is 93.2 Å². The summed E-state index contributed by atoms with van der Waals surface area (Å²) in [5, 5.41) is 11.5. The molecule has 2 saturated heterocycles. The van der Waals surface area contributed by atoms with E-state index in [-0.39, 0.29) is 17.4 Å². The van der Waals surface area contributed by atoms with Crippen LogP contribution in [0.1, 0.15) is 35.7 Å². The van der Waals surface area contributed by atoms with Crippen LogP contribution in [0.2, 0.25) is 0 Å². The van der Waals surface area contributed by atoms with Crippen molar-refractivity contribution in [3.05, 3.63) is 53.6 Å². The number of amides is 2. The second kappa shape index (κ2) is 12.2. The van der Waals surface area contributed by atoms with E-state index in [9.17, 15) is 14.4 Å². The molecule has 8 nitrogen and oxygen atoms in total. The van der Waals surface area contributed by atoms with Crippen molar-refractivity contribution in [2.45, 2.75) is 26.7 Å². The fourth-order valence-corrected chi connectivity index (χ4v) is 4.23. The highest BCUT2D eigenvalue weighted by Gasteiger charge is 2.24. The van der Waals surface area contributed by atoms with Crippen LogP contribution in [0.4, 0.5) is 11.4 Å². The van der Waals surface area contributed by atoms with Crippen LogP contribution in [-0.2, 0) is 9.59 Å². The van der Waals surface area contributed by atoms with Gasteiger partial charge in [0.15, 0.2) is 5.78 Å². The molecule has 0 unspecified atom stereocenters. The number of aromatic hydroxyl groups is 1. The molecule has 0 radical (unpaired) electrons. The molecule has 2 aliphatic rings. The van der Waals surface area contributed by atoms with Gasteiger partial charge in [0.05, 0.1) is 6.54 Å². The first-order valence-electron chi connectivity index (χ1n) is 11.7. The average molecular weight is 467 g/mol. The highest BCUT2D eigenvalue weighted by molar-refractivity contribution is 5.94. The number of hydrogen-bond acceptors (Lipinski definition) is 6. The van der Waals surface area contributed by atoms with E-state index in [4.69, 9.17) is 5.11 Å². The normalized spacial score (nSPS) is 15.9. The fourth-order valence-electron chi connectivity index (χ4n) is 4.23. The summed E-state index contributed by atoms with van der Waals surface area (Å²) in [6.07, 6.45) is 3.05. The second-order valence-corrected chi connectivity index (χ2v) is 8.72. The molecule has 2 fully saturated rings. The van der Waals surface area contributed by atoms with Crippen molar-refractivity contribution in [3.8, 4) is 5.75 Å². The van der Waals surface area contributed by atoms with Crippen LogP contribution in [0.3, 0.4) is 0 Å². The van der Waals surface area contributed by atoms with Gasteiger partial charge in [-0.05, 0) is 87.8 Å². The van der Waals surface area contributed by atoms with E-state index in [2.05, 4.69) is 15.1 Å². The molecule has 0 atom stereocenters.